The molecule has 1 aromatic carbocycles. The molecule has 2 atom stereocenters. The molecular weight excluding hydrogens is 312 g/mol. The van der Waals surface area contributed by atoms with E-state index in [9.17, 15) is 4.79 Å². The number of nitrogens with zero attached hydrogens (tertiary/aromatic N) is 3. The van der Waals surface area contributed by atoms with Crippen LogP contribution in [0.4, 0.5) is 0 Å². The van der Waals surface area contributed by atoms with Crippen LogP contribution >= 0.6 is 0 Å². The minimum Gasteiger partial charge on any atom is -0.336 e. The molecule has 132 valence electrons. The van der Waals surface area contributed by atoms with Crippen LogP contribution in [0.15, 0.2) is 48.3 Å². The molecule has 1 aliphatic heterocycles. The van der Waals surface area contributed by atoms with Crippen LogP contribution < -0.4 is 5.32 Å². The van der Waals surface area contributed by atoms with Crippen molar-refractivity contribution in [1.82, 2.24) is 19.8 Å². The highest BCUT2D eigenvalue weighted by atomic mass is 16.2. The molecule has 0 aliphatic carbocycles. The maximum Gasteiger partial charge on any atom is 0.223 e. The van der Waals surface area contributed by atoms with Gasteiger partial charge < -0.3 is 14.8 Å². The fourth-order valence-electron chi connectivity index (χ4n) is 3.44. The van der Waals surface area contributed by atoms with Crippen LogP contribution in [-0.4, -0.2) is 40.0 Å². The third-order valence-corrected chi connectivity index (χ3v) is 4.84. The Hall–Kier alpha value is -2.40. The van der Waals surface area contributed by atoms with Gasteiger partial charge in [-0.05, 0) is 18.9 Å². The van der Waals surface area contributed by atoms with Crippen molar-refractivity contribution in [3.8, 4) is 0 Å². The van der Waals surface area contributed by atoms with Crippen molar-refractivity contribution in [1.29, 1.82) is 0 Å². The molecule has 3 rings (SSSR count). The Morgan fingerprint density at radius 3 is 2.76 bits per heavy atom. The summed E-state index contributed by atoms with van der Waals surface area (Å²) in [5.41, 5.74) is 2.47. The second kappa shape index (κ2) is 7.66. The van der Waals surface area contributed by atoms with Gasteiger partial charge in [-0.1, -0.05) is 42.0 Å². The SMILES string of the molecule is C/C(=C\c1ccccc1)CN[C@@H]1CCC(=O)N(C)[C@H]1c1nccn1C. The van der Waals surface area contributed by atoms with Crippen molar-refractivity contribution >= 4 is 12.0 Å². The van der Waals surface area contributed by atoms with Gasteiger partial charge in [0, 0.05) is 45.5 Å². The number of hydrogen-bond acceptors (Lipinski definition) is 3. The lowest BCUT2D eigenvalue weighted by molar-refractivity contribution is -0.136. The molecule has 2 heterocycles. The summed E-state index contributed by atoms with van der Waals surface area (Å²) in [4.78, 5) is 18.5. The van der Waals surface area contributed by atoms with Gasteiger partial charge in [-0.3, -0.25) is 4.79 Å². The number of benzene rings is 1. The summed E-state index contributed by atoms with van der Waals surface area (Å²) in [6.07, 6.45) is 7.33. The third kappa shape index (κ3) is 3.99. The fourth-order valence-corrected chi connectivity index (χ4v) is 3.44. The van der Waals surface area contributed by atoms with Crippen molar-refractivity contribution in [2.75, 3.05) is 13.6 Å². The molecule has 0 radical (unpaired) electrons. The zero-order valence-electron chi connectivity index (χ0n) is 15.1. The summed E-state index contributed by atoms with van der Waals surface area (Å²) in [6.45, 7) is 2.93. The Morgan fingerprint density at radius 1 is 1.32 bits per heavy atom. The molecule has 1 saturated heterocycles. The first-order chi connectivity index (χ1) is 12.1. The first kappa shape index (κ1) is 17.4. The topological polar surface area (TPSA) is 50.2 Å². The Labute approximate surface area is 149 Å². The van der Waals surface area contributed by atoms with Crippen LogP contribution in [0.2, 0.25) is 0 Å². The van der Waals surface area contributed by atoms with E-state index in [1.165, 1.54) is 11.1 Å². The molecule has 0 spiro atoms. The largest absolute Gasteiger partial charge is 0.336 e. The predicted octanol–water partition coefficient (Wildman–Crippen LogP) is 2.78. The van der Waals surface area contributed by atoms with E-state index in [1.54, 1.807) is 6.20 Å². The number of imidazole rings is 1. The number of piperidine rings is 1. The molecule has 1 amide bonds. The highest BCUT2D eigenvalue weighted by Gasteiger charge is 2.36. The number of likely N-dealkylation sites (N-methyl/N-ethyl adjacent to an activating group) is 1. The molecule has 5 nitrogen and oxygen atoms in total. The molecule has 1 fully saturated rings. The highest BCUT2D eigenvalue weighted by molar-refractivity contribution is 5.77. The number of aryl methyl sites for hydroxylation is 1. The average Bonchev–Trinajstić information content (AvgIpc) is 3.02. The summed E-state index contributed by atoms with van der Waals surface area (Å²) < 4.78 is 2.00. The zero-order valence-corrected chi connectivity index (χ0v) is 15.1. The summed E-state index contributed by atoms with van der Waals surface area (Å²) in [6, 6.07) is 10.5. The highest BCUT2D eigenvalue weighted by Crippen LogP contribution is 2.29. The molecule has 1 aromatic heterocycles. The van der Waals surface area contributed by atoms with Gasteiger partial charge in [-0.2, -0.15) is 0 Å². The maximum atomic E-state index is 12.2. The van der Waals surface area contributed by atoms with Crippen molar-refractivity contribution in [2.24, 2.45) is 7.05 Å². The Kier molecular flexibility index (Phi) is 5.34. The monoisotopic (exact) mass is 338 g/mol. The Balaban J connectivity index is 1.72. The smallest absolute Gasteiger partial charge is 0.223 e. The quantitative estimate of drug-likeness (QED) is 0.912. The van der Waals surface area contributed by atoms with Crippen molar-refractivity contribution in [3.63, 3.8) is 0 Å². The second-order valence-electron chi connectivity index (χ2n) is 6.77. The Bertz CT molecular complexity index is 750. The van der Waals surface area contributed by atoms with E-state index >= 15 is 0 Å². The lowest BCUT2D eigenvalue weighted by Gasteiger charge is -2.39. The van der Waals surface area contributed by atoms with E-state index < -0.39 is 0 Å². The second-order valence-corrected chi connectivity index (χ2v) is 6.77. The average molecular weight is 338 g/mol. The number of hydrogen-bond donors (Lipinski definition) is 1. The van der Waals surface area contributed by atoms with E-state index in [0.717, 1.165) is 18.8 Å². The van der Waals surface area contributed by atoms with E-state index in [4.69, 9.17) is 0 Å². The number of nitrogens with one attached hydrogen (secondary N) is 1. The van der Waals surface area contributed by atoms with Crippen LogP contribution in [0.25, 0.3) is 6.08 Å². The first-order valence-electron chi connectivity index (χ1n) is 8.74. The van der Waals surface area contributed by atoms with Crippen LogP contribution in [0.5, 0.6) is 0 Å². The molecule has 0 unspecified atom stereocenters. The minimum absolute atomic E-state index is 0.0363. The normalized spacial score (nSPS) is 21.6. The summed E-state index contributed by atoms with van der Waals surface area (Å²) in [7, 11) is 3.86. The van der Waals surface area contributed by atoms with Gasteiger partial charge in [-0.25, -0.2) is 4.98 Å². The van der Waals surface area contributed by atoms with Crippen molar-refractivity contribution in [3.05, 3.63) is 59.7 Å². The van der Waals surface area contributed by atoms with Crippen LogP contribution in [0.3, 0.4) is 0 Å². The predicted molar refractivity (Wildman–Crippen MR) is 99.8 cm³/mol. The van der Waals surface area contributed by atoms with E-state index in [2.05, 4.69) is 35.4 Å². The molecule has 25 heavy (non-hydrogen) atoms. The summed E-state index contributed by atoms with van der Waals surface area (Å²) in [5, 5.41) is 3.64. The van der Waals surface area contributed by atoms with Gasteiger partial charge in [0.15, 0.2) is 0 Å². The zero-order chi connectivity index (χ0) is 17.8. The van der Waals surface area contributed by atoms with E-state index in [-0.39, 0.29) is 18.0 Å². The number of aromatic nitrogens is 2. The third-order valence-electron chi connectivity index (χ3n) is 4.84. The molecule has 1 N–H and O–H groups in total. The lowest BCUT2D eigenvalue weighted by Crippen LogP contribution is -2.50. The van der Waals surface area contributed by atoms with Gasteiger partial charge in [0.05, 0.1) is 0 Å². The Morgan fingerprint density at radius 2 is 2.08 bits per heavy atom. The van der Waals surface area contributed by atoms with E-state index in [0.29, 0.717) is 6.42 Å². The standard InChI is InChI=1S/C20H26N4O/c1-15(13-16-7-5-4-6-8-16)14-22-17-9-10-18(25)24(3)19(17)20-21-11-12-23(20)2/h4-8,11-13,17,19,22H,9-10,14H2,1-3H3/b15-13+/t17-,19-/m1/s1. The molecule has 1 aliphatic rings. The van der Waals surface area contributed by atoms with E-state index in [1.807, 2.05) is 48.0 Å². The molecule has 0 saturated carbocycles. The minimum atomic E-state index is -0.0363. The van der Waals surface area contributed by atoms with Crippen molar-refractivity contribution in [2.45, 2.75) is 31.8 Å². The van der Waals surface area contributed by atoms with Crippen LogP contribution in [-0.2, 0) is 11.8 Å². The lowest BCUT2D eigenvalue weighted by atomic mass is 9.95. The van der Waals surface area contributed by atoms with Crippen molar-refractivity contribution < 1.29 is 4.79 Å². The maximum absolute atomic E-state index is 12.2. The number of rotatable bonds is 5. The number of carbonyl (C=O) groups is 1. The van der Waals surface area contributed by atoms with Crippen LogP contribution in [0, 0.1) is 0 Å². The number of likely N-dealkylation sites (tertiary alicyclic amines) is 1. The van der Waals surface area contributed by atoms with Gasteiger partial charge in [-0.15, -0.1) is 0 Å². The molecule has 2 aromatic rings. The molecule has 0 bridgehead atoms. The first-order valence-corrected chi connectivity index (χ1v) is 8.74. The number of amides is 1. The van der Waals surface area contributed by atoms with Gasteiger partial charge in [0.2, 0.25) is 5.91 Å². The molecule has 5 heteroatoms. The molecular formula is C20H26N4O. The van der Waals surface area contributed by atoms with Crippen LogP contribution in [0.1, 0.15) is 37.2 Å². The van der Waals surface area contributed by atoms with Gasteiger partial charge in [0.1, 0.15) is 11.9 Å². The summed E-state index contributed by atoms with van der Waals surface area (Å²) in [5.74, 6) is 1.11. The fraction of sp³-hybridized carbons (Fsp3) is 0.400. The summed E-state index contributed by atoms with van der Waals surface area (Å²) >= 11 is 0. The number of carbonyl (C=O) groups excluding carboxylic acids is 1. The van der Waals surface area contributed by atoms with Gasteiger partial charge in [0.25, 0.3) is 0 Å². The van der Waals surface area contributed by atoms with Gasteiger partial charge >= 0.3 is 0 Å².